The fourth-order valence-corrected chi connectivity index (χ4v) is 5.83. The zero-order chi connectivity index (χ0) is 16.3. The van der Waals surface area contributed by atoms with Gasteiger partial charge in [0.1, 0.15) is 0 Å². The van der Waals surface area contributed by atoms with Crippen LogP contribution < -0.4 is 5.32 Å². The lowest BCUT2D eigenvalue weighted by Crippen LogP contribution is -2.29. The monoisotopic (exact) mass is 357 g/mol. The minimum absolute atomic E-state index is 0.0483. The summed E-state index contributed by atoms with van der Waals surface area (Å²) in [5, 5.41) is 5.41. The number of amides is 1. The number of nitrogens with one attached hydrogen (secondary N) is 1. The van der Waals surface area contributed by atoms with Gasteiger partial charge in [-0.25, -0.2) is 13.4 Å². The first kappa shape index (κ1) is 16.9. The van der Waals surface area contributed by atoms with Gasteiger partial charge in [-0.05, 0) is 38.3 Å². The average Bonchev–Trinajstić information content (AvgIpc) is 3.06. The molecular formula is C15H23N3O3S2. The number of anilines is 1. The third kappa shape index (κ3) is 4.99. The molecule has 0 spiro atoms. The SMILES string of the molecule is O=C(CC1CCS(=O)(=O)C1)Nc1nc(CN2CCCCC2)cs1. The van der Waals surface area contributed by atoms with Crippen LogP contribution >= 0.6 is 11.3 Å². The molecule has 3 heterocycles. The highest BCUT2D eigenvalue weighted by Gasteiger charge is 2.29. The summed E-state index contributed by atoms with van der Waals surface area (Å²) in [7, 11) is -2.92. The van der Waals surface area contributed by atoms with Crippen molar-refractivity contribution in [1.29, 1.82) is 0 Å². The number of hydrogen-bond donors (Lipinski definition) is 1. The lowest BCUT2D eigenvalue weighted by atomic mass is 10.1. The van der Waals surface area contributed by atoms with E-state index in [-0.39, 0.29) is 29.8 Å². The Bertz CT molecular complexity index is 651. The zero-order valence-electron chi connectivity index (χ0n) is 13.2. The average molecular weight is 358 g/mol. The number of rotatable bonds is 5. The van der Waals surface area contributed by atoms with E-state index in [0.29, 0.717) is 11.6 Å². The molecule has 23 heavy (non-hydrogen) atoms. The van der Waals surface area contributed by atoms with Gasteiger partial charge in [-0.2, -0.15) is 0 Å². The number of aromatic nitrogens is 1. The standard InChI is InChI=1S/C15H23N3O3S2/c19-14(8-12-4-7-23(20,21)11-12)17-15-16-13(10-22-15)9-18-5-2-1-3-6-18/h10,12H,1-9,11H2,(H,16,17,19). The van der Waals surface area contributed by atoms with Crippen LogP contribution in [0.5, 0.6) is 0 Å². The summed E-state index contributed by atoms with van der Waals surface area (Å²) in [5.41, 5.74) is 0.996. The van der Waals surface area contributed by atoms with Crippen molar-refractivity contribution in [2.24, 2.45) is 5.92 Å². The van der Waals surface area contributed by atoms with Gasteiger partial charge in [0.05, 0.1) is 17.2 Å². The van der Waals surface area contributed by atoms with Crippen molar-refractivity contribution in [3.05, 3.63) is 11.1 Å². The van der Waals surface area contributed by atoms with Crippen molar-refractivity contribution in [2.75, 3.05) is 29.9 Å². The summed E-state index contributed by atoms with van der Waals surface area (Å²) >= 11 is 1.44. The Labute approximate surface area is 141 Å². The lowest BCUT2D eigenvalue weighted by Gasteiger charge is -2.25. The molecule has 0 bridgehead atoms. The Kier molecular flexibility index (Phi) is 5.33. The maximum absolute atomic E-state index is 12.0. The number of sulfone groups is 1. The maximum Gasteiger partial charge on any atom is 0.226 e. The molecule has 2 fully saturated rings. The summed E-state index contributed by atoms with van der Waals surface area (Å²) in [4.78, 5) is 18.9. The lowest BCUT2D eigenvalue weighted by molar-refractivity contribution is -0.116. The van der Waals surface area contributed by atoms with E-state index in [0.717, 1.165) is 25.3 Å². The number of hydrogen-bond acceptors (Lipinski definition) is 6. The van der Waals surface area contributed by atoms with E-state index in [1.54, 1.807) is 0 Å². The van der Waals surface area contributed by atoms with Crippen LogP contribution in [-0.4, -0.2) is 48.8 Å². The molecule has 1 atom stereocenters. The fraction of sp³-hybridized carbons (Fsp3) is 0.733. The molecule has 6 nitrogen and oxygen atoms in total. The molecule has 128 valence electrons. The quantitative estimate of drug-likeness (QED) is 0.870. The van der Waals surface area contributed by atoms with E-state index in [1.165, 1.54) is 30.6 Å². The predicted molar refractivity (Wildman–Crippen MR) is 91.2 cm³/mol. The minimum atomic E-state index is -2.92. The fourth-order valence-electron chi connectivity index (χ4n) is 3.25. The number of piperidine rings is 1. The summed E-state index contributed by atoms with van der Waals surface area (Å²) < 4.78 is 22.9. The molecule has 2 aliphatic rings. The van der Waals surface area contributed by atoms with Gasteiger partial charge in [-0.1, -0.05) is 6.42 Å². The first-order valence-corrected chi connectivity index (χ1v) is 10.9. The van der Waals surface area contributed by atoms with Gasteiger partial charge in [0.2, 0.25) is 5.91 Å². The van der Waals surface area contributed by atoms with Crippen LogP contribution in [0, 0.1) is 5.92 Å². The molecule has 3 rings (SSSR count). The Morgan fingerprint density at radius 2 is 2.13 bits per heavy atom. The summed E-state index contributed by atoms with van der Waals surface area (Å²) in [6.07, 6.45) is 4.66. The molecule has 1 unspecified atom stereocenters. The normalized spacial score (nSPS) is 24.6. The van der Waals surface area contributed by atoms with Crippen molar-refractivity contribution in [1.82, 2.24) is 9.88 Å². The second-order valence-electron chi connectivity index (χ2n) is 6.50. The number of carbonyl (C=O) groups is 1. The molecule has 0 aliphatic carbocycles. The molecule has 1 N–H and O–H groups in total. The van der Waals surface area contributed by atoms with Crippen molar-refractivity contribution in [3.63, 3.8) is 0 Å². The number of thiazole rings is 1. The Morgan fingerprint density at radius 3 is 2.83 bits per heavy atom. The first-order valence-electron chi connectivity index (χ1n) is 8.17. The van der Waals surface area contributed by atoms with Crippen molar-refractivity contribution in [3.8, 4) is 0 Å². The number of likely N-dealkylation sites (tertiary alicyclic amines) is 1. The van der Waals surface area contributed by atoms with E-state index in [9.17, 15) is 13.2 Å². The van der Waals surface area contributed by atoms with Gasteiger partial charge in [0.15, 0.2) is 15.0 Å². The molecule has 0 aromatic carbocycles. The summed E-state index contributed by atoms with van der Waals surface area (Å²) in [5.74, 6) is 0.166. The van der Waals surface area contributed by atoms with Crippen LogP contribution in [0.3, 0.4) is 0 Å². The highest BCUT2D eigenvalue weighted by molar-refractivity contribution is 7.91. The predicted octanol–water partition coefficient (Wildman–Crippen LogP) is 1.89. The van der Waals surface area contributed by atoms with Gasteiger partial charge < -0.3 is 5.32 Å². The number of carbonyl (C=O) groups excluding carboxylic acids is 1. The highest BCUT2D eigenvalue weighted by Crippen LogP contribution is 2.23. The van der Waals surface area contributed by atoms with Crippen LogP contribution in [0.1, 0.15) is 37.8 Å². The molecule has 2 aliphatic heterocycles. The van der Waals surface area contributed by atoms with Gasteiger partial charge in [-0.15, -0.1) is 11.3 Å². The molecule has 1 amide bonds. The third-order valence-electron chi connectivity index (χ3n) is 4.43. The second-order valence-corrected chi connectivity index (χ2v) is 9.59. The third-order valence-corrected chi connectivity index (χ3v) is 7.08. The summed E-state index contributed by atoms with van der Waals surface area (Å²) in [6.45, 7) is 3.08. The molecule has 1 aromatic rings. The van der Waals surface area contributed by atoms with E-state index in [1.807, 2.05) is 5.38 Å². The summed E-state index contributed by atoms with van der Waals surface area (Å²) in [6, 6.07) is 0. The largest absolute Gasteiger partial charge is 0.302 e. The van der Waals surface area contributed by atoms with Crippen LogP contribution in [-0.2, 0) is 21.2 Å². The Morgan fingerprint density at radius 1 is 1.35 bits per heavy atom. The van der Waals surface area contributed by atoms with Gasteiger partial charge in [0.25, 0.3) is 0 Å². The Balaban J connectivity index is 1.47. The molecule has 0 radical (unpaired) electrons. The van der Waals surface area contributed by atoms with Crippen LogP contribution in [0.2, 0.25) is 0 Å². The maximum atomic E-state index is 12.0. The zero-order valence-corrected chi connectivity index (χ0v) is 14.8. The second kappa shape index (κ2) is 7.27. The van der Waals surface area contributed by atoms with Gasteiger partial charge in [-0.3, -0.25) is 9.69 Å². The van der Waals surface area contributed by atoms with Crippen molar-refractivity contribution in [2.45, 2.75) is 38.6 Å². The van der Waals surface area contributed by atoms with Crippen LogP contribution in [0.25, 0.3) is 0 Å². The topological polar surface area (TPSA) is 79.4 Å². The molecule has 0 saturated carbocycles. The van der Waals surface area contributed by atoms with Crippen molar-refractivity contribution < 1.29 is 13.2 Å². The van der Waals surface area contributed by atoms with Crippen LogP contribution in [0.4, 0.5) is 5.13 Å². The first-order chi connectivity index (χ1) is 11.0. The Hall–Kier alpha value is -0.990. The highest BCUT2D eigenvalue weighted by atomic mass is 32.2. The van der Waals surface area contributed by atoms with E-state index >= 15 is 0 Å². The van der Waals surface area contributed by atoms with Crippen molar-refractivity contribution >= 4 is 32.2 Å². The van der Waals surface area contributed by atoms with E-state index < -0.39 is 9.84 Å². The molecule has 2 saturated heterocycles. The smallest absolute Gasteiger partial charge is 0.226 e. The van der Waals surface area contributed by atoms with Crippen LogP contribution in [0.15, 0.2) is 5.38 Å². The number of nitrogens with zero attached hydrogens (tertiary/aromatic N) is 2. The molecule has 1 aromatic heterocycles. The molecule has 8 heteroatoms. The minimum Gasteiger partial charge on any atom is -0.302 e. The molecular weight excluding hydrogens is 334 g/mol. The van der Waals surface area contributed by atoms with E-state index in [4.69, 9.17) is 0 Å². The van der Waals surface area contributed by atoms with Gasteiger partial charge in [0, 0.05) is 18.3 Å². The van der Waals surface area contributed by atoms with Gasteiger partial charge >= 0.3 is 0 Å². The van der Waals surface area contributed by atoms with E-state index in [2.05, 4.69) is 15.2 Å².